The van der Waals surface area contributed by atoms with Crippen LogP contribution in [0.4, 0.5) is 15.8 Å². The Morgan fingerprint density at radius 3 is 2.35 bits per heavy atom. The average Bonchev–Trinajstić information content (AvgIpc) is 2.41. The molecule has 0 spiro atoms. The monoisotopic (exact) mass is 273 g/mol. The summed E-state index contributed by atoms with van der Waals surface area (Å²) in [5, 5.41) is 9.85. The van der Waals surface area contributed by atoms with Gasteiger partial charge >= 0.3 is 0 Å². The van der Waals surface area contributed by atoms with Crippen LogP contribution in [0.5, 0.6) is 0 Å². The lowest BCUT2D eigenvalue weighted by Crippen LogP contribution is -2.19. The number of rotatable bonds is 4. The van der Waals surface area contributed by atoms with Gasteiger partial charge in [-0.25, -0.2) is 4.39 Å². The summed E-state index contributed by atoms with van der Waals surface area (Å²) in [5.41, 5.74) is 3.23. The zero-order valence-corrected chi connectivity index (χ0v) is 12.1. The summed E-state index contributed by atoms with van der Waals surface area (Å²) in [6.45, 7) is 6.33. The average molecular weight is 273 g/mol. The number of benzene rings is 2. The van der Waals surface area contributed by atoms with Gasteiger partial charge in [0.15, 0.2) is 0 Å². The van der Waals surface area contributed by atoms with Gasteiger partial charge in [-0.05, 0) is 45.0 Å². The van der Waals surface area contributed by atoms with E-state index in [4.69, 9.17) is 0 Å². The van der Waals surface area contributed by atoms with Crippen molar-refractivity contribution in [1.82, 2.24) is 0 Å². The number of aryl methyl sites for hydroxylation is 1. The van der Waals surface area contributed by atoms with Crippen LogP contribution in [-0.2, 0) is 0 Å². The first-order valence-corrected chi connectivity index (χ1v) is 6.85. The predicted molar refractivity (Wildman–Crippen MR) is 80.9 cm³/mol. The summed E-state index contributed by atoms with van der Waals surface area (Å²) in [7, 11) is 0. The summed E-state index contributed by atoms with van der Waals surface area (Å²) in [4.78, 5) is 2.00. The molecule has 0 aliphatic heterocycles. The lowest BCUT2D eigenvalue weighted by Gasteiger charge is -2.27. The van der Waals surface area contributed by atoms with E-state index >= 15 is 0 Å². The van der Waals surface area contributed by atoms with E-state index < -0.39 is 6.10 Å². The fraction of sp³-hybridized carbons (Fsp3) is 0.294. The van der Waals surface area contributed by atoms with Crippen molar-refractivity contribution < 1.29 is 9.50 Å². The van der Waals surface area contributed by atoms with E-state index in [1.54, 1.807) is 13.0 Å². The molecule has 0 fully saturated rings. The van der Waals surface area contributed by atoms with Crippen molar-refractivity contribution >= 4 is 11.4 Å². The maximum Gasteiger partial charge on any atom is 0.131 e. The van der Waals surface area contributed by atoms with E-state index in [1.165, 1.54) is 11.6 Å². The van der Waals surface area contributed by atoms with Gasteiger partial charge in [0.05, 0.1) is 6.10 Å². The Hall–Kier alpha value is -1.87. The van der Waals surface area contributed by atoms with Gasteiger partial charge in [0, 0.05) is 23.5 Å². The molecule has 3 heteroatoms. The van der Waals surface area contributed by atoms with Crippen LogP contribution in [0.2, 0.25) is 0 Å². The Balaban J connectivity index is 2.52. The largest absolute Gasteiger partial charge is 0.389 e. The van der Waals surface area contributed by atoms with Crippen molar-refractivity contribution in [2.45, 2.75) is 26.9 Å². The summed E-state index contributed by atoms with van der Waals surface area (Å²) in [6.07, 6.45) is -0.842. The van der Waals surface area contributed by atoms with E-state index in [-0.39, 0.29) is 5.82 Å². The molecule has 0 aliphatic rings. The highest BCUT2D eigenvalue weighted by molar-refractivity contribution is 5.67. The number of hydrogen-bond acceptors (Lipinski definition) is 2. The van der Waals surface area contributed by atoms with Gasteiger partial charge in [0.2, 0.25) is 0 Å². The molecule has 0 saturated carbocycles. The molecule has 106 valence electrons. The second-order valence-corrected chi connectivity index (χ2v) is 4.93. The summed E-state index contributed by atoms with van der Waals surface area (Å²) < 4.78 is 14.0. The first-order chi connectivity index (χ1) is 9.54. The number of nitrogens with zero attached hydrogens (tertiary/aromatic N) is 1. The fourth-order valence-corrected chi connectivity index (χ4v) is 2.39. The Morgan fingerprint density at radius 1 is 1.15 bits per heavy atom. The Bertz CT molecular complexity index is 578. The maximum absolute atomic E-state index is 14.0. The second kappa shape index (κ2) is 6.06. The first-order valence-electron chi connectivity index (χ1n) is 6.85. The van der Waals surface area contributed by atoms with Crippen LogP contribution in [-0.4, -0.2) is 11.7 Å². The zero-order valence-electron chi connectivity index (χ0n) is 12.1. The lowest BCUT2D eigenvalue weighted by molar-refractivity contribution is 0.194. The van der Waals surface area contributed by atoms with Gasteiger partial charge < -0.3 is 10.0 Å². The highest BCUT2D eigenvalue weighted by Crippen LogP contribution is 2.33. The molecule has 0 aliphatic carbocycles. The Morgan fingerprint density at radius 2 is 1.80 bits per heavy atom. The Kier molecular flexibility index (Phi) is 4.40. The highest BCUT2D eigenvalue weighted by Gasteiger charge is 2.18. The fourth-order valence-electron chi connectivity index (χ4n) is 2.39. The molecule has 0 bridgehead atoms. The first kappa shape index (κ1) is 14.5. The van der Waals surface area contributed by atoms with E-state index in [9.17, 15) is 9.50 Å². The van der Waals surface area contributed by atoms with Crippen LogP contribution >= 0.6 is 0 Å². The van der Waals surface area contributed by atoms with Gasteiger partial charge in [-0.3, -0.25) is 0 Å². The number of halogens is 1. The number of anilines is 2. The normalized spacial score (nSPS) is 12.2. The molecular weight excluding hydrogens is 253 g/mol. The lowest BCUT2D eigenvalue weighted by atomic mass is 10.1. The molecule has 1 atom stereocenters. The third kappa shape index (κ3) is 2.83. The smallest absolute Gasteiger partial charge is 0.131 e. The van der Waals surface area contributed by atoms with Gasteiger partial charge in [0.25, 0.3) is 0 Å². The molecule has 0 aromatic heterocycles. The van der Waals surface area contributed by atoms with Crippen molar-refractivity contribution in [2.24, 2.45) is 0 Å². The molecule has 2 aromatic rings. The van der Waals surface area contributed by atoms with Gasteiger partial charge in [-0.1, -0.05) is 23.8 Å². The third-order valence-electron chi connectivity index (χ3n) is 3.40. The molecular formula is C17H20FNO. The minimum atomic E-state index is -0.842. The summed E-state index contributed by atoms with van der Waals surface area (Å²) >= 11 is 0. The molecule has 1 N–H and O–H groups in total. The van der Waals surface area contributed by atoms with Crippen molar-refractivity contribution in [1.29, 1.82) is 0 Å². The maximum atomic E-state index is 14.0. The highest BCUT2D eigenvalue weighted by atomic mass is 19.1. The van der Waals surface area contributed by atoms with Crippen LogP contribution in [0, 0.1) is 12.7 Å². The van der Waals surface area contributed by atoms with Crippen molar-refractivity contribution in [3.63, 3.8) is 0 Å². The SMILES string of the molecule is CCN(c1ccc(C)cc1)c1cccc(F)c1[C@H](C)O. The Labute approximate surface area is 119 Å². The minimum Gasteiger partial charge on any atom is -0.389 e. The molecule has 2 rings (SSSR count). The molecule has 0 amide bonds. The second-order valence-electron chi connectivity index (χ2n) is 4.93. The summed E-state index contributed by atoms with van der Waals surface area (Å²) in [6, 6.07) is 13.0. The molecule has 0 saturated heterocycles. The molecule has 2 nitrogen and oxygen atoms in total. The van der Waals surface area contributed by atoms with Gasteiger partial charge in [0.1, 0.15) is 5.82 Å². The third-order valence-corrected chi connectivity index (χ3v) is 3.40. The van der Waals surface area contributed by atoms with Crippen LogP contribution in [0.15, 0.2) is 42.5 Å². The quantitative estimate of drug-likeness (QED) is 0.895. The van der Waals surface area contributed by atoms with Crippen molar-refractivity contribution in [3.05, 3.63) is 59.4 Å². The molecule has 0 radical (unpaired) electrons. The van der Waals surface area contributed by atoms with Crippen molar-refractivity contribution in [3.8, 4) is 0 Å². The van der Waals surface area contributed by atoms with E-state index in [0.29, 0.717) is 17.8 Å². The van der Waals surface area contributed by atoms with Crippen LogP contribution in [0.3, 0.4) is 0 Å². The summed E-state index contributed by atoms with van der Waals surface area (Å²) in [5.74, 6) is -0.372. The topological polar surface area (TPSA) is 23.5 Å². The van der Waals surface area contributed by atoms with Crippen molar-refractivity contribution in [2.75, 3.05) is 11.4 Å². The standard InChI is InChI=1S/C17H20FNO/c1-4-19(14-10-8-12(2)9-11-14)16-7-5-6-15(18)17(16)13(3)20/h5-11,13,20H,4H2,1-3H3/t13-/m0/s1. The van der Waals surface area contributed by atoms with E-state index in [0.717, 1.165) is 5.69 Å². The molecule has 0 heterocycles. The van der Waals surface area contributed by atoms with E-state index in [1.807, 2.05) is 49.1 Å². The molecule has 20 heavy (non-hydrogen) atoms. The van der Waals surface area contributed by atoms with Crippen LogP contribution in [0.1, 0.15) is 31.1 Å². The van der Waals surface area contributed by atoms with Crippen LogP contribution < -0.4 is 4.90 Å². The van der Waals surface area contributed by atoms with Crippen LogP contribution in [0.25, 0.3) is 0 Å². The number of aliphatic hydroxyl groups excluding tert-OH is 1. The predicted octanol–water partition coefficient (Wildman–Crippen LogP) is 4.35. The zero-order chi connectivity index (χ0) is 14.7. The minimum absolute atomic E-state index is 0.343. The number of hydrogen-bond donors (Lipinski definition) is 1. The van der Waals surface area contributed by atoms with E-state index in [2.05, 4.69) is 0 Å². The van der Waals surface area contributed by atoms with Gasteiger partial charge in [-0.2, -0.15) is 0 Å². The molecule has 0 unspecified atom stereocenters. The molecule has 2 aromatic carbocycles. The number of aliphatic hydroxyl groups is 1. The van der Waals surface area contributed by atoms with Gasteiger partial charge in [-0.15, -0.1) is 0 Å².